The molecule has 0 saturated heterocycles. The van der Waals surface area contributed by atoms with Gasteiger partial charge < -0.3 is 30.0 Å². The number of para-hydroxylation sites is 1. The summed E-state index contributed by atoms with van der Waals surface area (Å²) >= 11 is 0. The molecule has 1 amide bonds. The summed E-state index contributed by atoms with van der Waals surface area (Å²) in [5.41, 5.74) is 8.40. The summed E-state index contributed by atoms with van der Waals surface area (Å²) in [5.74, 6) is 1.59. The largest absolute Gasteiger partial charge is 0.497 e. The molecule has 0 spiro atoms. The third-order valence-corrected chi connectivity index (χ3v) is 14.4. The number of imidazole rings is 1. The molecule has 19 nitrogen and oxygen atoms in total. The fourth-order valence-electron chi connectivity index (χ4n) is 7.81. The molecular weight excluding hydrogens is 901 g/mol. The molecule has 0 saturated carbocycles. The average molecular weight is 953 g/mol. The Morgan fingerprint density at radius 3 is 1.88 bits per heavy atom. The van der Waals surface area contributed by atoms with Crippen molar-refractivity contribution in [2.45, 2.75) is 68.7 Å². The Kier molecular flexibility index (Phi) is 13.9. The van der Waals surface area contributed by atoms with Crippen LogP contribution in [0, 0.1) is 0 Å². The number of aromatic amines is 1. The molecule has 0 aliphatic rings. The van der Waals surface area contributed by atoms with Gasteiger partial charge in [-0.3, -0.25) is 4.90 Å². The summed E-state index contributed by atoms with van der Waals surface area (Å²) in [6.07, 6.45) is -1.27. The van der Waals surface area contributed by atoms with Crippen molar-refractivity contribution in [3.8, 4) is 39.8 Å². The second-order valence-electron chi connectivity index (χ2n) is 16.6. The molecule has 2 aromatic heterocycles. The van der Waals surface area contributed by atoms with Crippen LogP contribution in [0.1, 0.15) is 44.4 Å². The number of nitrogens with zero attached hydrogens (tertiary/aromatic N) is 7. The Balaban J connectivity index is 1.50. The number of aromatic nitrogens is 6. The van der Waals surface area contributed by atoms with Gasteiger partial charge in [0.15, 0.2) is 5.95 Å². The average Bonchev–Trinajstić information content (AvgIpc) is 3.93. The number of hydrogen-bond donors (Lipinski definition) is 4. The molecule has 7 rings (SSSR count). The zero-order valence-corrected chi connectivity index (χ0v) is 39.6. The number of nitrogen functional groups attached to an aromatic ring is 1. The Morgan fingerprint density at radius 1 is 0.806 bits per heavy atom. The van der Waals surface area contributed by atoms with Crippen LogP contribution < -0.4 is 24.7 Å². The van der Waals surface area contributed by atoms with E-state index >= 15 is 8.42 Å². The van der Waals surface area contributed by atoms with Crippen LogP contribution >= 0.6 is 0 Å². The van der Waals surface area contributed by atoms with E-state index in [0.717, 1.165) is 10.5 Å². The standard InChI is InChI=1S/C46H52N10O9S2/c1-29(56(45(57)58)46(2,3)4)25-48-66(59,60)39-24-23-36(37-9-8-10-38-41(37)50-44(47)49-38)40(43-51-53-55(52-43)28-32-15-21-35(65-7)22-16-32)42(39)67(61,62)54(26-30-11-17-33(63-5)18-12-30)27-31-13-19-34(64-6)20-14-31/h8-24,29,48H,25-28H2,1-7H3,(H,57,58)(H3,47,49,50)/t29-/m0/s1. The second-order valence-corrected chi connectivity index (χ2v) is 20.2. The number of carbonyl (C=O) groups is 1. The van der Waals surface area contributed by atoms with Gasteiger partial charge in [0, 0.05) is 36.8 Å². The van der Waals surface area contributed by atoms with E-state index in [4.69, 9.17) is 25.0 Å². The highest BCUT2D eigenvalue weighted by Gasteiger charge is 2.39. The van der Waals surface area contributed by atoms with E-state index in [1.165, 1.54) is 35.5 Å². The van der Waals surface area contributed by atoms with E-state index < -0.39 is 54.1 Å². The number of methoxy groups -OCH3 is 3. The molecule has 2 heterocycles. The first-order valence-corrected chi connectivity index (χ1v) is 23.9. The predicted molar refractivity (Wildman–Crippen MR) is 252 cm³/mol. The number of benzene rings is 5. The van der Waals surface area contributed by atoms with E-state index in [0.29, 0.717) is 45.0 Å². The first kappa shape index (κ1) is 47.9. The number of tetrazole rings is 1. The number of carboxylic acid groups (broad SMARTS) is 1. The second kappa shape index (κ2) is 19.4. The molecule has 0 unspecified atom stereocenters. The van der Waals surface area contributed by atoms with Gasteiger partial charge in [-0.25, -0.2) is 31.3 Å². The fraction of sp³-hybridized carbons (Fsp3) is 0.283. The SMILES string of the molecule is COc1ccc(CN(Cc2ccc(OC)cc2)S(=O)(=O)c2c(S(=O)(=O)NC[C@H](C)N(C(=O)O)C(C)(C)C)ccc(-c3cccc4[nH]c(N)nc34)c2-c2nnn(Cc3ccc(OC)cc3)n2)cc1. The van der Waals surface area contributed by atoms with Gasteiger partial charge in [0.25, 0.3) is 0 Å². The Labute approximate surface area is 388 Å². The summed E-state index contributed by atoms with van der Waals surface area (Å²) in [4.78, 5) is 21.0. The molecule has 67 heavy (non-hydrogen) atoms. The third-order valence-electron chi connectivity index (χ3n) is 11.0. The zero-order chi connectivity index (χ0) is 48.3. The van der Waals surface area contributed by atoms with Crippen LogP contribution in [0.25, 0.3) is 33.5 Å². The molecule has 7 aromatic rings. The van der Waals surface area contributed by atoms with E-state index in [2.05, 4.69) is 25.0 Å². The number of nitrogens with two attached hydrogens (primary N) is 1. The molecular formula is C46H52N10O9S2. The lowest BCUT2D eigenvalue weighted by molar-refractivity contribution is 0.0767. The van der Waals surface area contributed by atoms with Crippen molar-refractivity contribution in [3.05, 3.63) is 120 Å². The quantitative estimate of drug-likeness (QED) is 0.0729. The van der Waals surface area contributed by atoms with Crippen LogP contribution in [0.3, 0.4) is 0 Å². The van der Waals surface area contributed by atoms with Crippen LogP contribution in [0.15, 0.2) is 113 Å². The summed E-state index contributed by atoms with van der Waals surface area (Å²) in [6, 6.07) is 27.7. The normalized spacial score (nSPS) is 12.6. The van der Waals surface area contributed by atoms with E-state index in [1.54, 1.807) is 114 Å². The monoisotopic (exact) mass is 952 g/mol. The molecule has 0 aliphatic carbocycles. The topological polar surface area (TPSA) is 250 Å². The molecule has 5 aromatic carbocycles. The minimum atomic E-state index is -4.99. The molecule has 1 atom stereocenters. The van der Waals surface area contributed by atoms with Crippen molar-refractivity contribution in [2.24, 2.45) is 0 Å². The van der Waals surface area contributed by atoms with Gasteiger partial charge in [-0.15, -0.1) is 10.2 Å². The van der Waals surface area contributed by atoms with Gasteiger partial charge in [-0.1, -0.05) is 54.6 Å². The van der Waals surface area contributed by atoms with Crippen molar-refractivity contribution < 1.29 is 40.9 Å². The summed E-state index contributed by atoms with van der Waals surface area (Å²) in [6.45, 7) is 5.85. The van der Waals surface area contributed by atoms with E-state index in [-0.39, 0.29) is 42.5 Å². The lowest BCUT2D eigenvalue weighted by Gasteiger charge is -2.38. The van der Waals surface area contributed by atoms with Gasteiger partial charge >= 0.3 is 6.09 Å². The maximum absolute atomic E-state index is 16.1. The highest BCUT2D eigenvalue weighted by Crippen LogP contribution is 2.43. The zero-order valence-electron chi connectivity index (χ0n) is 38.0. The molecule has 5 N–H and O–H groups in total. The van der Waals surface area contributed by atoms with Crippen LogP contribution in [0.4, 0.5) is 10.7 Å². The highest BCUT2D eigenvalue weighted by molar-refractivity contribution is 7.92. The summed E-state index contributed by atoms with van der Waals surface area (Å²) < 4.78 is 81.9. The highest BCUT2D eigenvalue weighted by atomic mass is 32.2. The van der Waals surface area contributed by atoms with Crippen molar-refractivity contribution in [1.29, 1.82) is 0 Å². The van der Waals surface area contributed by atoms with Gasteiger partial charge in [-0.2, -0.15) is 9.10 Å². The fourth-order valence-corrected chi connectivity index (χ4v) is 11.3. The molecule has 0 fully saturated rings. The van der Waals surface area contributed by atoms with Crippen LogP contribution in [0.5, 0.6) is 17.2 Å². The maximum atomic E-state index is 16.1. The number of nitrogens with one attached hydrogen (secondary N) is 2. The Bertz CT molecular complexity index is 3050. The molecule has 352 valence electrons. The predicted octanol–water partition coefficient (Wildman–Crippen LogP) is 6.38. The first-order valence-electron chi connectivity index (χ1n) is 20.9. The maximum Gasteiger partial charge on any atom is 0.408 e. The number of sulfonamides is 2. The number of amides is 1. The van der Waals surface area contributed by atoms with E-state index in [9.17, 15) is 18.3 Å². The number of rotatable bonds is 18. The lowest BCUT2D eigenvalue weighted by Crippen LogP contribution is -2.53. The summed E-state index contributed by atoms with van der Waals surface area (Å²) in [5, 5.41) is 23.6. The molecule has 21 heteroatoms. The minimum absolute atomic E-state index is 0.0914. The molecule has 0 bridgehead atoms. The van der Waals surface area contributed by atoms with Crippen molar-refractivity contribution in [3.63, 3.8) is 0 Å². The van der Waals surface area contributed by atoms with Crippen molar-refractivity contribution in [1.82, 2.24) is 44.1 Å². The first-order chi connectivity index (χ1) is 31.8. The molecule has 0 radical (unpaired) electrons. The van der Waals surface area contributed by atoms with Crippen LogP contribution in [-0.4, -0.2) is 107 Å². The van der Waals surface area contributed by atoms with Crippen LogP contribution in [0.2, 0.25) is 0 Å². The number of H-pyrrole nitrogens is 1. The van der Waals surface area contributed by atoms with Crippen LogP contribution in [-0.2, 0) is 39.7 Å². The minimum Gasteiger partial charge on any atom is -0.497 e. The number of ether oxygens (including phenoxy) is 3. The number of fused-ring (bicyclic) bond motifs is 1. The van der Waals surface area contributed by atoms with E-state index in [1.807, 2.05) is 12.1 Å². The van der Waals surface area contributed by atoms with Gasteiger partial charge in [0.05, 0.1) is 44.5 Å². The Morgan fingerprint density at radius 2 is 1.36 bits per heavy atom. The smallest absolute Gasteiger partial charge is 0.408 e. The number of hydrogen-bond acceptors (Lipinski definition) is 13. The van der Waals surface area contributed by atoms with Crippen molar-refractivity contribution in [2.75, 3.05) is 33.6 Å². The lowest BCUT2D eigenvalue weighted by atomic mass is 9.98. The van der Waals surface area contributed by atoms with Gasteiger partial charge in [-0.05, 0) is 104 Å². The Hall–Kier alpha value is -7.07. The molecule has 0 aliphatic heterocycles. The van der Waals surface area contributed by atoms with Crippen molar-refractivity contribution >= 4 is 43.1 Å². The van der Waals surface area contributed by atoms with Gasteiger partial charge in [0.1, 0.15) is 27.0 Å². The summed E-state index contributed by atoms with van der Waals surface area (Å²) in [7, 11) is -5.23. The van der Waals surface area contributed by atoms with Gasteiger partial charge in [0.2, 0.25) is 25.9 Å². The third kappa shape index (κ3) is 10.5. The number of anilines is 1.